The van der Waals surface area contributed by atoms with Crippen molar-refractivity contribution < 1.29 is 4.79 Å². The van der Waals surface area contributed by atoms with E-state index in [0.717, 1.165) is 27.2 Å². The summed E-state index contributed by atoms with van der Waals surface area (Å²) in [5, 5.41) is 7.97. The predicted octanol–water partition coefficient (Wildman–Crippen LogP) is 5.16. The van der Waals surface area contributed by atoms with E-state index in [2.05, 4.69) is 26.3 Å². The van der Waals surface area contributed by atoms with Gasteiger partial charge >= 0.3 is 0 Å². The van der Waals surface area contributed by atoms with Gasteiger partial charge in [0.2, 0.25) is 0 Å². The molecule has 0 bridgehead atoms. The van der Waals surface area contributed by atoms with Crippen LogP contribution in [0, 0.1) is 13.8 Å². The largest absolute Gasteiger partial charge is 0.322 e. The van der Waals surface area contributed by atoms with E-state index >= 15 is 0 Å². The number of nitrogens with zero attached hydrogens (tertiary/aromatic N) is 2. The molecule has 0 unspecified atom stereocenters. The summed E-state index contributed by atoms with van der Waals surface area (Å²) in [6.45, 7) is 3.80. The first kappa shape index (κ1) is 16.7. The molecule has 1 heterocycles. The third kappa shape index (κ3) is 3.37. The number of amides is 1. The molecular weight excluding hydrogens is 390 g/mol. The normalized spacial score (nSPS) is 10.7. The Labute approximate surface area is 153 Å². The van der Waals surface area contributed by atoms with Crippen molar-refractivity contribution in [2.45, 2.75) is 13.8 Å². The highest BCUT2D eigenvalue weighted by molar-refractivity contribution is 9.10. The van der Waals surface area contributed by atoms with E-state index < -0.39 is 0 Å². The Balaban J connectivity index is 1.78. The van der Waals surface area contributed by atoms with Gasteiger partial charge in [-0.05, 0) is 62.4 Å². The highest BCUT2D eigenvalue weighted by Gasteiger charge is 2.11. The molecule has 0 saturated heterocycles. The fourth-order valence-corrected chi connectivity index (χ4v) is 2.75. The van der Waals surface area contributed by atoms with Gasteiger partial charge in [0.15, 0.2) is 0 Å². The Morgan fingerprint density at radius 1 is 1.08 bits per heavy atom. The van der Waals surface area contributed by atoms with Gasteiger partial charge in [-0.1, -0.05) is 27.5 Å². The average molecular weight is 405 g/mol. The predicted molar refractivity (Wildman–Crippen MR) is 100 cm³/mol. The van der Waals surface area contributed by atoms with Gasteiger partial charge in [0.25, 0.3) is 5.91 Å². The number of halogens is 2. The fourth-order valence-electron chi connectivity index (χ4n) is 2.37. The fraction of sp³-hybridized carbons (Fsp3) is 0.111. The molecular formula is C18H15BrClN3O. The molecule has 0 aliphatic carbocycles. The van der Waals surface area contributed by atoms with Crippen molar-refractivity contribution in [3.8, 4) is 5.69 Å². The van der Waals surface area contributed by atoms with Crippen LogP contribution in [0.15, 0.2) is 53.0 Å². The summed E-state index contributed by atoms with van der Waals surface area (Å²) in [4.78, 5) is 12.2. The summed E-state index contributed by atoms with van der Waals surface area (Å²) >= 11 is 9.54. The zero-order valence-corrected chi connectivity index (χ0v) is 15.5. The molecule has 1 amide bonds. The van der Waals surface area contributed by atoms with Crippen LogP contribution in [0.4, 0.5) is 5.69 Å². The number of anilines is 1. The topological polar surface area (TPSA) is 46.9 Å². The standard InChI is InChI=1S/C18H15BrClN3O/c1-11-17(20)12(2)23(22-11)16-9-7-15(8-10-16)21-18(24)13-3-5-14(19)6-4-13/h3-10H,1-2H3,(H,21,24). The second-order valence-corrected chi connectivity index (χ2v) is 6.70. The van der Waals surface area contributed by atoms with Crippen LogP contribution in [0.1, 0.15) is 21.7 Å². The monoisotopic (exact) mass is 403 g/mol. The molecule has 2 aromatic carbocycles. The molecule has 0 saturated carbocycles. The van der Waals surface area contributed by atoms with Gasteiger partial charge in [0, 0.05) is 15.7 Å². The van der Waals surface area contributed by atoms with Crippen LogP contribution in [0.3, 0.4) is 0 Å². The van der Waals surface area contributed by atoms with Gasteiger partial charge in [-0.2, -0.15) is 5.10 Å². The molecule has 1 N–H and O–H groups in total. The quantitative estimate of drug-likeness (QED) is 0.655. The maximum Gasteiger partial charge on any atom is 0.255 e. The minimum atomic E-state index is -0.149. The van der Waals surface area contributed by atoms with Crippen molar-refractivity contribution in [1.82, 2.24) is 9.78 Å². The Kier molecular flexibility index (Phi) is 4.73. The van der Waals surface area contributed by atoms with Crippen molar-refractivity contribution in [1.29, 1.82) is 0 Å². The molecule has 0 fully saturated rings. The number of rotatable bonds is 3. The van der Waals surface area contributed by atoms with Crippen molar-refractivity contribution in [2.75, 3.05) is 5.32 Å². The van der Waals surface area contributed by atoms with Crippen LogP contribution in [-0.2, 0) is 0 Å². The molecule has 3 aromatic rings. The second-order valence-electron chi connectivity index (χ2n) is 5.40. The highest BCUT2D eigenvalue weighted by atomic mass is 79.9. The molecule has 122 valence electrons. The van der Waals surface area contributed by atoms with Crippen LogP contribution in [-0.4, -0.2) is 15.7 Å². The van der Waals surface area contributed by atoms with E-state index in [1.54, 1.807) is 16.8 Å². The summed E-state index contributed by atoms with van der Waals surface area (Å²) in [5.74, 6) is -0.149. The number of aromatic nitrogens is 2. The van der Waals surface area contributed by atoms with Crippen LogP contribution in [0.2, 0.25) is 5.02 Å². The first-order chi connectivity index (χ1) is 11.5. The number of hydrogen-bond acceptors (Lipinski definition) is 2. The number of benzene rings is 2. The summed E-state index contributed by atoms with van der Waals surface area (Å²) in [6, 6.07) is 14.7. The van der Waals surface area contributed by atoms with Gasteiger partial charge in [-0.3, -0.25) is 4.79 Å². The lowest BCUT2D eigenvalue weighted by molar-refractivity contribution is 0.102. The van der Waals surface area contributed by atoms with Gasteiger partial charge in [0.05, 0.1) is 22.1 Å². The number of carbonyl (C=O) groups excluding carboxylic acids is 1. The van der Waals surface area contributed by atoms with Crippen molar-refractivity contribution in [2.24, 2.45) is 0 Å². The molecule has 0 atom stereocenters. The van der Waals surface area contributed by atoms with E-state index in [4.69, 9.17) is 11.6 Å². The summed E-state index contributed by atoms with van der Waals surface area (Å²) in [5.41, 5.74) is 3.90. The van der Waals surface area contributed by atoms with Gasteiger partial charge < -0.3 is 5.32 Å². The number of hydrogen-bond donors (Lipinski definition) is 1. The lowest BCUT2D eigenvalue weighted by atomic mass is 10.2. The number of carbonyl (C=O) groups is 1. The zero-order chi connectivity index (χ0) is 17.3. The Hall–Kier alpha value is -2.11. The zero-order valence-electron chi connectivity index (χ0n) is 13.2. The van der Waals surface area contributed by atoms with Crippen molar-refractivity contribution >= 4 is 39.1 Å². The van der Waals surface area contributed by atoms with Crippen molar-refractivity contribution in [3.63, 3.8) is 0 Å². The van der Waals surface area contributed by atoms with E-state index in [1.165, 1.54) is 0 Å². The molecule has 0 radical (unpaired) electrons. The smallest absolute Gasteiger partial charge is 0.255 e. The van der Waals surface area contributed by atoms with E-state index in [9.17, 15) is 4.79 Å². The Morgan fingerprint density at radius 2 is 1.71 bits per heavy atom. The van der Waals surface area contributed by atoms with E-state index in [1.807, 2.05) is 50.2 Å². The second kappa shape index (κ2) is 6.79. The maximum absolute atomic E-state index is 12.2. The number of nitrogens with one attached hydrogen (secondary N) is 1. The Morgan fingerprint density at radius 3 is 2.25 bits per heavy atom. The number of aryl methyl sites for hydroxylation is 1. The molecule has 3 rings (SSSR count). The van der Waals surface area contributed by atoms with Crippen molar-refractivity contribution in [3.05, 3.63) is 75.0 Å². The first-order valence-electron chi connectivity index (χ1n) is 7.35. The third-order valence-corrected chi connectivity index (χ3v) is 4.75. The summed E-state index contributed by atoms with van der Waals surface area (Å²) < 4.78 is 2.73. The molecule has 0 spiro atoms. The van der Waals surface area contributed by atoms with Gasteiger partial charge in [0.1, 0.15) is 0 Å². The SMILES string of the molecule is Cc1nn(-c2ccc(NC(=O)c3ccc(Br)cc3)cc2)c(C)c1Cl. The minimum Gasteiger partial charge on any atom is -0.322 e. The van der Waals surface area contributed by atoms with E-state index in [0.29, 0.717) is 10.6 Å². The molecule has 0 aliphatic heterocycles. The molecule has 6 heteroatoms. The van der Waals surface area contributed by atoms with Crippen LogP contribution in [0.5, 0.6) is 0 Å². The van der Waals surface area contributed by atoms with Gasteiger partial charge in [-0.15, -0.1) is 0 Å². The molecule has 4 nitrogen and oxygen atoms in total. The summed E-state index contributed by atoms with van der Waals surface area (Å²) in [6.07, 6.45) is 0. The summed E-state index contributed by atoms with van der Waals surface area (Å²) in [7, 11) is 0. The molecule has 1 aromatic heterocycles. The van der Waals surface area contributed by atoms with E-state index in [-0.39, 0.29) is 5.91 Å². The average Bonchev–Trinajstić information content (AvgIpc) is 2.84. The first-order valence-corrected chi connectivity index (χ1v) is 8.52. The third-order valence-electron chi connectivity index (χ3n) is 3.68. The molecule has 0 aliphatic rings. The molecule has 24 heavy (non-hydrogen) atoms. The lowest BCUT2D eigenvalue weighted by Gasteiger charge is -2.08. The van der Waals surface area contributed by atoms with Crippen LogP contribution in [0.25, 0.3) is 5.69 Å². The maximum atomic E-state index is 12.2. The Bertz CT molecular complexity index is 886. The van der Waals surface area contributed by atoms with Crippen LogP contribution >= 0.6 is 27.5 Å². The van der Waals surface area contributed by atoms with Gasteiger partial charge in [-0.25, -0.2) is 4.68 Å². The highest BCUT2D eigenvalue weighted by Crippen LogP contribution is 2.23. The minimum absolute atomic E-state index is 0.149. The van der Waals surface area contributed by atoms with Crippen LogP contribution < -0.4 is 5.32 Å². The lowest BCUT2D eigenvalue weighted by Crippen LogP contribution is -2.11.